The number of benzene rings is 1. The van der Waals surface area contributed by atoms with E-state index in [4.69, 9.17) is 12.2 Å². The Balaban J connectivity index is 2.74. The van der Waals surface area contributed by atoms with Gasteiger partial charge in [-0.05, 0) is 31.5 Å². The zero-order valence-electron chi connectivity index (χ0n) is 9.86. The van der Waals surface area contributed by atoms with Crippen LogP contribution in [-0.2, 0) is 6.54 Å². The molecule has 0 saturated carbocycles. The molecule has 2 rings (SSSR count). The van der Waals surface area contributed by atoms with Crippen LogP contribution < -0.4 is 5.69 Å². The molecule has 0 saturated heterocycles. The number of nitrogens with one attached hydrogen (secondary N) is 1. The molecule has 0 aliphatic rings. The van der Waals surface area contributed by atoms with Gasteiger partial charge in [0, 0.05) is 6.54 Å². The molecule has 88 valence electrons. The third-order valence-electron chi connectivity index (χ3n) is 2.66. The second kappa shape index (κ2) is 4.67. The van der Waals surface area contributed by atoms with Gasteiger partial charge in [0.2, 0.25) is 0 Å². The summed E-state index contributed by atoms with van der Waals surface area (Å²) in [6.45, 7) is 4.59. The van der Waals surface area contributed by atoms with Crippen LogP contribution in [0.5, 0.6) is 0 Å². The molecule has 0 amide bonds. The van der Waals surface area contributed by atoms with E-state index >= 15 is 0 Å². The van der Waals surface area contributed by atoms with Gasteiger partial charge < -0.3 is 0 Å². The summed E-state index contributed by atoms with van der Waals surface area (Å²) in [6, 6.07) is 9.88. The van der Waals surface area contributed by atoms with Crippen LogP contribution in [0.1, 0.15) is 12.5 Å². The zero-order chi connectivity index (χ0) is 12.4. The summed E-state index contributed by atoms with van der Waals surface area (Å²) in [5.41, 5.74) is 2.89. The van der Waals surface area contributed by atoms with Gasteiger partial charge in [0.15, 0.2) is 0 Å². The number of aryl methyl sites for hydroxylation is 1. The summed E-state index contributed by atoms with van der Waals surface area (Å²) in [5, 5.41) is 0. The van der Waals surface area contributed by atoms with Crippen LogP contribution in [0.15, 0.2) is 35.1 Å². The first kappa shape index (κ1) is 11.8. The maximum absolute atomic E-state index is 11.8. The summed E-state index contributed by atoms with van der Waals surface area (Å²) in [5.74, 6) is 0. The third-order valence-corrected chi connectivity index (χ3v) is 2.88. The largest absolute Gasteiger partial charge is 0.326 e. The van der Waals surface area contributed by atoms with E-state index in [1.54, 1.807) is 4.57 Å². The monoisotopic (exact) mass is 246 g/mol. The summed E-state index contributed by atoms with van der Waals surface area (Å²) < 4.78 is 2.15. The number of hydrogen-bond acceptors (Lipinski definition) is 2. The molecule has 2 aromatic rings. The Morgan fingerprint density at radius 1 is 1.35 bits per heavy atom. The SMILES string of the molecule is CCn1c(-c2cccc(C)c2)cc(=S)[nH]c1=O. The zero-order valence-corrected chi connectivity index (χ0v) is 10.7. The lowest BCUT2D eigenvalue weighted by Crippen LogP contribution is -2.23. The fourth-order valence-corrected chi connectivity index (χ4v) is 2.08. The summed E-state index contributed by atoms with van der Waals surface area (Å²) in [6.07, 6.45) is 0. The molecule has 1 aromatic heterocycles. The van der Waals surface area contributed by atoms with E-state index in [2.05, 4.69) is 11.1 Å². The molecule has 0 aliphatic heterocycles. The standard InChI is InChI=1S/C13H14N2OS/c1-3-15-11(8-12(17)14-13(15)16)10-6-4-5-9(2)7-10/h4-8H,3H2,1-2H3,(H,14,16,17). The molecular formula is C13H14N2OS. The van der Waals surface area contributed by atoms with Crippen molar-refractivity contribution >= 4 is 12.2 Å². The van der Waals surface area contributed by atoms with Gasteiger partial charge in [-0.1, -0.05) is 36.0 Å². The Morgan fingerprint density at radius 2 is 2.12 bits per heavy atom. The molecule has 4 heteroatoms. The molecule has 0 atom stereocenters. The minimum atomic E-state index is -0.156. The van der Waals surface area contributed by atoms with Crippen molar-refractivity contribution in [3.63, 3.8) is 0 Å². The molecule has 0 unspecified atom stereocenters. The van der Waals surface area contributed by atoms with Crippen molar-refractivity contribution in [2.45, 2.75) is 20.4 Å². The van der Waals surface area contributed by atoms with Gasteiger partial charge in [-0.25, -0.2) is 4.79 Å². The average Bonchev–Trinajstić information content (AvgIpc) is 2.28. The highest BCUT2D eigenvalue weighted by atomic mass is 32.1. The minimum Gasteiger partial charge on any atom is -0.298 e. The van der Waals surface area contributed by atoms with Crippen molar-refractivity contribution in [2.75, 3.05) is 0 Å². The average molecular weight is 246 g/mol. The fourth-order valence-electron chi connectivity index (χ4n) is 1.88. The van der Waals surface area contributed by atoms with Gasteiger partial charge in [0.25, 0.3) is 0 Å². The van der Waals surface area contributed by atoms with Gasteiger partial charge in [-0.15, -0.1) is 0 Å². The Bertz CT molecular complexity index is 655. The maximum Gasteiger partial charge on any atom is 0.326 e. The van der Waals surface area contributed by atoms with E-state index in [0.29, 0.717) is 11.2 Å². The van der Waals surface area contributed by atoms with Crippen molar-refractivity contribution in [3.8, 4) is 11.3 Å². The van der Waals surface area contributed by atoms with E-state index in [0.717, 1.165) is 16.8 Å². The van der Waals surface area contributed by atoms with E-state index < -0.39 is 0 Å². The van der Waals surface area contributed by atoms with Crippen LogP contribution in [0.25, 0.3) is 11.3 Å². The molecule has 0 aliphatic carbocycles. The first-order valence-corrected chi connectivity index (χ1v) is 5.94. The molecule has 1 N–H and O–H groups in total. The summed E-state index contributed by atoms with van der Waals surface area (Å²) >= 11 is 5.06. The summed E-state index contributed by atoms with van der Waals surface area (Å²) in [4.78, 5) is 14.4. The van der Waals surface area contributed by atoms with Crippen LogP contribution >= 0.6 is 12.2 Å². The fraction of sp³-hybridized carbons (Fsp3) is 0.231. The topological polar surface area (TPSA) is 37.8 Å². The highest BCUT2D eigenvalue weighted by Gasteiger charge is 2.05. The quantitative estimate of drug-likeness (QED) is 0.827. The molecular weight excluding hydrogens is 232 g/mol. The van der Waals surface area contributed by atoms with Crippen LogP contribution in [-0.4, -0.2) is 9.55 Å². The maximum atomic E-state index is 11.8. The Hall–Kier alpha value is -1.68. The van der Waals surface area contributed by atoms with Gasteiger partial charge in [0.05, 0.1) is 5.69 Å². The summed E-state index contributed by atoms with van der Waals surface area (Å²) in [7, 11) is 0. The van der Waals surface area contributed by atoms with Crippen molar-refractivity contribution in [2.24, 2.45) is 0 Å². The number of aromatic amines is 1. The van der Waals surface area contributed by atoms with Crippen LogP contribution in [0, 0.1) is 11.6 Å². The Labute approximate surface area is 105 Å². The van der Waals surface area contributed by atoms with E-state index in [-0.39, 0.29) is 5.69 Å². The molecule has 0 radical (unpaired) electrons. The van der Waals surface area contributed by atoms with Crippen molar-refractivity contribution < 1.29 is 0 Å². The number of nitrogens with zero attached hydrogens (tertiary/aromatic N) is 1. The van der Waals surface area contributed by atoms with Crippen LogP contribution in [0.3, 0.4) is 0 Å². The molecule has 1 aromatic carbocycles. The van der Waals surface area contributed by atoms with Crippen LogP contribution in [0.4, 0.5) is 0 Å². The Kier molecular flexibility index (Phi) is 3.24. The number of aromatic nitrogens is 2. The predicted molar refractivity (Wildman–Crippen MR) is 71.7 cm³/mol. The predicted octanol–water partition coefficient (Wildman–Crippen LogP) is 2.90. The second-order valence-corrected chi connectivity index (χ2v) is 4.38. The molecule has 0 spiro atoms. The van der Waals surface area contributed by atoms with Crippen molar-refractivity contribution in [1.82, 2.24) is 9.55 Å². The van der Waals surface area contributed by atoms with Gasteiger partial charge in [-0.3, -0.25) is 9.55 Å². The van der Waals surface area contributed by atoms with Crippen LogP contribution in [0.2, 0.25) is 0 Å². The molecule has 1 heterocycles. The van der Waals surface area contributed by atoms with Crippen molar-refractivity contribution in [3.05, 3.63) is 51.0 Å². The van der Waals surface area contributed by atoms with E-state index in [9.17, 15) is 4.79 Å². The van der Waals surface area contributed by atoms with E-state index in [1.165, 1.54) is 0 Å². The van der Waals surface area contributed by atoms with E-state index in [1.807, 2.05) is 38.1 Å². The first-order chi connectivity index (χ1) is 8.11. The lowest BCUT2D eigenvalue weighted by molar-refractivity contribution is 0.705. The molecule has 3 nitrogen and oxygen atoms in total. The lowest BCUT2D eigenvalue weighted by Gasteiger charge is -2.10. The number of hydrogen-bond donors (Lipinski definition) is 1. The smallest absolute Gasteiger partial charge is 0.298 e. The normalized spacial score (nSPS) is 10.5. The molecule has 0 bridgehead atoms. The third kappa shape index (κ3) is 2.36. The minimum absolute atomic E-state index is 0.156. The highest BCUT2D eigenvalue weighted by Crippen LogP contribution is 2.18. The van der Waals surface area contributed by atoms with Gasteiger partial charge in [-0.2, -0.15) is 0 Å². The first-order valence-electron chi connectivity index (χ1n) is 5.53. The second-order valence-electron chi connectivity index (χ2n) is 3.94. The lowest BCUT2D eigenvalue weighted by atomic mass is 10.1. The number of rotatable bonds is 2. The van der Waals surface area contributed by atoms with Gasteiger partial charge >= 0.3 is 5.69 Å². The van der Waals surface area contributed by atoms with Crippen molar-refractivity contribution in [1.29, 1.82) is 0 Å². The molecule has 17 heavy (non-hydrogen) atoms. The Morgan fingerprint density at radius 3 is 2.76 bits per heavy atom. The highest BCUT2D eigenvalue weighted by molar-refractivity contribution is 7.71. The van der Waals surface area contributed by atoms with Gasteiger partial charge in [0.1, 0.15) is 4.64 Å². The molecule has 0 fully saturated rings. The number of H-pyrrole nitrogens is 1.